The summed E-state index contributed by atoms with van der Waals surface area (Å²) in [4.78, 5) is 17.2. The standard InChI is InChI=1S/C33H45N3/c1-2-31(11-25-9-26(1)27(10-25)18-31)28-34-29(32-12-19-3-20(13-32)5-21(4-19)14-32)36-30(35-28)33-15-22-6-23(16-33)8-24(7-22)17-33/h19-27H,1-18H2. The van der Waals surface area contributed by atoms with Crippen LogP contribution >= 0.6 is 0 Å². The van der Waals surface area contributed by atoms with Gasteiger partial charge in [-0.1, -0.05) is 0 Å². The Bertz CT molecular complexity index is 955. The molecule has 11 saturated carbocycles. The molecule has 11 aliphatic carbocycles. The van der Waals surface area contributed by atoms with Gasteiger partial charge in [0.2, 0.25) is 0 Å². The summed E-state index contributed by atoms with van der Waals surface area (Å²) < 4.78 is 0. The van der Waals surface area contributed by atoms with Gasteiger partial charge in [0.15, 0.2) is 0 Å². The van der Waals surface area contributed by atoms with Crippen LogP contribution in [0.3, 0.4) is 0 Å². The lowest BCUT2D eigenvalue weighted by atomic mass is 9.48. The summed E-state index contributed by atoms with van der Waals surface area (Å²) in [6, 6.07) is 0. The quantitative estimate of drug-likeness (QED) is 0.453. The Kier molecular flexibility index (Phi) is 3.93. The van der Waals surface area contributed by atoms with Crippen LogP contribution < -0.4 is 0 Å². The molecule has 11 bridgehead atoms. The summed E-state index contributed by atoms with van der Waals surface area (Å²) in [5.41, 5.74) is 0.883. The number of aromatic nitrogens is 3. The summed E-state index contributed by atoms with van der Waals surface area (Å²) in [6.07, 6.45) is 26.0. The molecule has 1 aromatic rings. The van der Waals surface area contributed by atoms with E-state index in [4.69, 9.17) is 15.0 Å². The Morgan fingerprint density at radius 2 is 0.750 bits per heavy atom. The van der Waals surface area contributed by atoms with Gasteiger partial charge < -0.3 is 0 Å². The number of hydrogen-bond acceptors (Lipinski definition) is 3. The fourth-order valence-corrected chi connectivity index (χ4v) is 14.1. The molecule has 1 heterocycles. The third-order valence-electron chi connectivity index (χ3n) is 14.4. The van der Waals surface area contributed by atoms with E-state index in [0.29, 0.717) is 10.8 Å². The lowest BCUT2D eigenvalue weighted by Gasteiger charge is -2.57. The molecule has 4 atom stereocenters. The predicted molar refractivity (Wildman–Crippen MR) is 139 cm³/mol. The highest BCUT2D eigenvalue weighted by molar-refractivity contribution is 5.27. The van der Waals surface area contributed by atoms with Crippen molar-refractivity contribution in [1.29, 1.82) is 0 Å². The number of fused-ring (bicyclic) bond motifs is 2. The number of rotatable bonds is 3. The van der Waals surface area contributed by atoms with Crippen molar-refractivity contribution in [3.8, 4) is 0 Å². The van der Waals surface area contributed by atoms with Crippen LogP contribution in [0.5, 0.6) is 0 Å². The Labute approximate surface area is 217 Å². The Morgan fingerprint density at radius 3 is 1.22 bits per heavy atom. The van der Waals surface area contributed by atoms with Crippen molar-refractivity contribution in [2.24, 2.45) is 53.3 Å². The topological polar surface area (TPSA) is 38.7 Å². The van der Waals surface area contributed by atoms with E-state index in [1.54, 1.807) is 0 Å². The molecule has 11 fully saturated rings. The van der Waals surface area contributed by atoms with Crippen LogP contribution in [0.4, 0.5) is 0 Å². The first-order valence-electron chi connectivity index (χ1n) is 16.3. The van der Waals surface area contributed by atoms with Crippen LogP contribution in [0.25, 0.3) is 0 Å². The smallest absolute Gasteiger partial charge is 0.138 e. The zero-order valence-electron chi connectivity index (χ0n) is 22.3. The van der Waals surface area contributed by atoms with Gasteiger partial charge in [-0.3, -0.25) is 0 Å². The van der Waals surface area contributed by atoms with Gasteiger partial charge in [0.05, 0.1) is 0 Å². The van der Waals surface area contributed by atoms with Crippen LogP contribution in [0.2, 0.25) is 0 Å². The third kappa shape index (κ3) is 2.74. The van der Waals surface area contributed by atoms with Gasteiger partial charge in [0, 0.05) is 16.2 Å². The first-order valence-corrected chi connectivity index (χ1v) is 16.3. The van der Waals surface area contributed by atoms with Crippen molar-refractivity contribution in [2.45, 2.75) is 132 Å². The zero-order valence-corrected chi connectivity index (χ0v) is 22.3. The molecule has 0 spiro atoms. The van der Waals surface area contributed by atoms with E-state index in [1.807, 2.05) is 0 Å². The van der Waals surface area contributed by atoms with Crippen LogP contribution in [-0.2, 0) is 16.2 Å². The summed E-state index contributed by atoms with van der Waals surface area (Å²) in [7, 11) is 0. The van der Waals surface area contributed by atoms with Crippen molar-refractivity contribution in [1.82, 2.24) is 15.0 Å². The summed E-state index contributed by atoms with van der Waals surface area (Å²) >= 11 is 0. The molecular weight excluding hydrogens is 438 g/mol. The lowest BCUT2D eigenvalue weighted by Crippen LogP contribution is -2.52. The van der Waals surface area contributed by atoms with Gasteiger partial charge >= 0.3 is 0 Å². The molecule has 3 nitrogen and oxygen atoms in total. The number of hydrogen-bond donors (Lipinski definition) is 0. The second-order valence-corrected chi connectivity index (χ2v) is 16.8. The lowest BCUT2D eigenvalue weighted by molar-refractivity contribution is -0.0164. The van der Waals surface area contributed by atoms with Crippen molar-refractivity contribution >= 4 is 0 Å². The molecule has 0 saturated heterocycles. The second-order valence-electron chi connectivity index (χ2n) is 16.8. The van der Waals surface area contributed by atoms with E-state index in [2.05, 4.69) is 0 Å². The first kappa shape index (κ1) is 20.9. The van der Waals surface area contributed by atoms with Crippen LogP contribution in [-0.4, -0.2) is 15.0 Å². The van der Waals surface area contributed by atoms with Gasteiger partial charge in [-0.2, -0.15) is 0 Å². The van der Waals surface area contributed by atoms with Gasteiger partial charge in [0.1, 0.15) is 17.5 Å². The highest BCUT2D eigenvalue weighted by Crippen LogP contribution is 2.64. The molecule has 11 aliphatic rings. The molecule has 4 unspecified atom stereocenters. The van der Waals surface area contributed by atoms with Crippen LogP contribution in [0.1, 0.15) is 133 Å². The average molecular weight is 484 g/mol. The first-order chi connectivity index (χ1) is 17.5. The van der Waals surface area contributed by atoms with E-state index in [0.717, 1.165) is 53.3 Å². The molecule has 0 aromatic carbocycles. The summed E-state index contributed by atoms with van der Waals surface area (Å²) in [5, 5.41) is 0. The van der Waals surface area contributed by atoms with Gasteiger partial charge in [0.25, 0.3) is 0 Å². The molecule has 0 amide bonds. The minimum absolute atomic E-state index is 0.289. The van der Waals surface area contributed by atoms with Crippen molar-refractivity contribution in [3.05, 3.63) is 17.5 Å². The van der Waals surface area contributed by atoms with E-state index < -0.39 is 0 Å². The monoisotopic (exact) mass is 483 g/mol. The molecule has 12 rings (SSSR count). The van der Waals surface area contributed by atoms with Crippen molar-refractivity contribution < 1.29 is 0 Å². The molecule has 3 heteroatoms. The average Bonchev–Trinajstić information content (AvgIpc) is 3.05. The molecular formula is C33H45N3. The molecule has 0 radical (unpaired) electrons. The van der Waals surface area contributed by atoms with Gasteiger partial charge in [-0.25, -0.2) is 15.0 Å². The van der Waals surface area contributed by atoms with Crippen molar-refractivity contribution in [2.75, 3.05) is 0 Å². The molecule has 192 valence electrons. The van der Waals surface area contributed by atoms with Gasteiger partial charge in [-0.15, -0.1) is 0 Å². The minimum atomic E-state index is 0.289. The largest absolute Gasteiger partial charge is 0.217 e. The Morgan fingerprint density at radius 1 is 0.389 bits per heavy atom. The van der Waals surface area contributed by atoms with Crippen molar-refractivity contribution in [3.63, 3.8) is 0 Å². The molecule has 0 aliphatic heterocycles. The van der Waals surface area contributed by atoms with E-state index in [9.17, 15) is 0 Å². The Balaban J connectivity index is 1.14. The van der Waals surface area contributed by atoms with Gasteiger partial charge in [-0.05, 0) is 169 Å². The number of nitrogens with zero attached hydrogens (tertiary/aromatic N) is 3. The molecule has 36 heavy (non-hydrogen) atoms. The maximum atomic E-state index is 5.72. The predicted octanol–water partition coefficient (Wildman–Crippen LogP) is 7.28. The maximum Gasteiger partial charge on any atom is 0.138 e. The summed E-state index contributed by atoms with van der Waals surface area (Å²) in [6.45, 7) is 0. The highest BCUT2D eigenvalue weighted by Gasteiger charge is 2.58. The normalized spacial score (nSPS) is 57.2. The minimum Gasteiger partial charge on any atom is -0.217 e. The second kappa shape index (κ2) is 6.77. The third-order valence-corrected chi connectivity index (χ3v) is 14.4. The van der Waals surface area contributed by atoms with E-state index >= 15 is 0 Å². The van der Waals surface area contributed by atoms with Crippen LogP contribution in [0.15, 0.2) is 0 Å². The Hall–Kier alpha value is -0.990. The SMILES string of the molecule is C1C2CC3CC1CC(c1nc(C45CC6CC(CC(C6)C4)C5)nc(C45CCC6CC(CC6C4)C5)n1)(C2)C3. The zero-order chi connectivity index (χ0) is 23.3. The van der Waals surface area contributed by atoms with E-state index in [-0.39, 0.29) is 5.41 Å². The molecule has 1 aromatic heterocycles. The fraction of sp³-hybridized carbons (Fsp3) is 0.909. The molecule has 0 N–H and O–H groups in total. The fourth-order valence-electron chi connectivity index (χ4n) is 14.1. The van der Waals surface area contributed by atoms with E-state index in [1.165, 1.54) is 133 Å². The highest BCUT2D eigenvalue weighted by atomic mass is 15.1. The van der Waals surface area contributed by atoms with Crippen LogP contribution in [0, 0.1) is 53.3 Å². The maximum absolute atomic E-state index is 5.72. The summed E-state index contributed by atoms with van der Waals surface area (Å²) in [5.74, 6) is 12.7.